The second-order valence-electron chi connectivity index (χ2n) is 3.93. The molecule has 0 heterocycles. The van der Waals surface area contributed by atoms with E-state index in [0.717, 1.165) is 22.5 Å². The van der Waals surface area contributed by atoms with Gasteiger partial charge in [0.2, 0.25) is 0 Å². The lowest BCUT2D eigenvalue weighted by Crippen LogP contribution is -2.10. The summed E-state index contributed by atoms with van der Waals surface area (Å²) in [4.78, 5) is 0. The summed E-state index contributed by atoms with van der Waals surface area (Å²) in [5, 5.41) is 1.55. The van der Waals surface area contributed by atoms with Gasteiger partial charge in [0.25, 0.3) is 0 Å². The standard InChI is InChI=1S/C12H16BrClO/c1-9(2)8-15-12(7-13)10-4-3-5-11(14)6-10/h3-6,9,12H,7-8H2,1-2H3. The summed E-state index contributed by atoms with van der Waals surface area (Å²) in [6.07, 6.45) is 0.0890. The van der Waals surface area contributed by atoms with Crippen LogP contribution in [-0.4, -0.2) is 11.9 Å². The second-order valence-corrected chi connectivity index (χ2v) is 5.01. The Balaban J connectivity index is 2.65. The predicted molar refractivity (Wildman–Crippen MR) is 68.8 cm³/mol. The average molecular weight is 292 g/mol. The number of halogens is 2. The molecule has 15 heavy (non-hydrogen) atoms. The number of rotatable bonds is 5. The lowest BCUT2D eigenvalue weighted by atomic mass is 10.1. The average Bonchev–Trinajstić information content (AvgIpc) is 2.18. The van der Waals surface area contributed by atoms with Gasteiger partial charge in [0.15, 0.2) is 0 Å². The van der Waals surface area contributed by atoms with Crippen molar-refractivity contribution in [2.75, 3.05) is 11.9 Å². The summed E-state index contributed by atoms with van der Waals surface area (Å²) < 4.78 is 5.79. The van der Waals surface area contributed by atoms with Gasteiger partial charge in [-0.15, -0.1) is 0 Å². The van der Waals surface area contributed by atoms with E-state index in [-0.39, 0.29) is 6.10 Å². The monoisotopic (exact) mass is 290 g/mol. The van der Waals surface area contributed by atoms with Crippen LogP contribution in [0.5, 0.6) is 0 Å². The van der Waals surface area contributed by atoms with E-state index in [1.807, 2.05) is 24.3 Å². The molecule has 0 saturated heterocycles. The third-order valence-electron chi connectivity index (χ3n) is 1.99. The highest BCUT2D eigenvalue weighted by molar-refractivity contribution is 9.09. The normalized spacial score (nSPS) is 13.1. The molecule has 1 aromatic carbocycles. The zero-order chi connectivity index (χ0) is 11.3. The predicted octanol–water partition coefficient (Wildman–Crippen LogP) is 4.45. The van der Waals surface area contributed by atoms with E-state index in [0.29, 0.717) is 5.92 Å². The molecule has 0 aliphatic rings. The Morgan fingerprint density at radius 2 is 2.13 bits per heavy atom. The van der Waals surface area contributed by atoms with Crippen molar-refractivity contribution in [1.29, 1.82) is 0 Å². The summed E-state index contributed by atoms with van der Waals surface area (Å²) >= 11 is 9.40. The molecule has 1 nitrogen and oxygen atoms in total. The Morgan fingerprint density at radius 1 is 1.40 bits per heavy atom. The highest BCUT2D eigenvalue weighted by Gasteiger charge is 2.11. The van der Waals surface area contributed by atoms with Crippen molar-refractivity contribution in [3.05, 3.63) is 34.9 Å². The molecule has 0 radical (unpaired) electrons. The molecular weight excluding hydrogens is 275 g/mol. The van der Waals surface area contributed by atoms with E-state index in [1.165, 1.54) is 0 Å². The van der Waals surface area contributed by atoms with Gasteiger partial charge >= 0.3 is 0 Å². The minimum absolute atomic E-state index is 0.0890. The third-order valence-corrected chi connectivity index (χ3v) is 2.81. The molecule has 0 N–H and O–H groups in total. The number of ether oxygens (including phenoxy) is 1. The van der Waals surface area contributed by atoms with Crippen molar-refractivity contribution in [3.8, 4) is 0 Å². The van der Waals surface area contributed by atoms with Gasteiger partial charge in [-0.3, -0.25) is 0 Å². The van der Waals surface area contributed by atoms with Crippen molar-refractivity contribution in [3.63, 3.8) is 0 Å². The van der Waals surface area contributed by atoms with Gasteiger partial charge in [-0.2, -0.15) is 0 Å². The van der Waals surface area contributed by atoms with Gasteiger partial charge in [-0.25, -0.2) is 0 Å². The molecule has 0 fully saturated rings. The molecule has 0 amide bonds. The molecule has 0 saturated carbocycles. The van der Waals surface area contributed by atoms with E-state index in [1.54, 1.807) is 0 Å². The number of hydrogen-bond donors (Lipinski definition) is 0. The quantitative estimate of drug-likeness (QED) is 0.728. The Kier molecular flexibility index (Phi) is 5.65. The third kappa shape index (κ3) is 4.54. The van der Waals surface area contributed by atoms with Crippen molar-refractivity contribution in [1.82, 2.24) is 0 Å². The zero-order valence-corrected chi connectivity index (χ0v) is 11.4. The minimum atomic E-state index is 0.0890. The summed E-state index contributed by atoms with van der Waals surface area (Å²) in [5.41, 5.74) is 1.13. The number of alkyl halides is 1. The van der Waals surface area contributed by atoms with Crippen LogP contribution in [0, 0.1) is 5.92 Å². The van der Waals surface area contributed by atoms with Crippen LogP contribution in [0.15, 0.2) is 24.3 Å². The molecule has 0 aliphatic heterocycles. The molecule has 1 rings (SSSR count). The molecule has 3 heteroatoms. The van der Waals surface area contributed by atoms with Crippen LogP contribution in [0.25, 0.3) is 0 Å². The van der Waals surface area contributed by atoms with Gasteiger partial charge in [-0.1, -0.05) is 53.5 Å². The fourth-order valence-corrected chi connectivity index (χ4v) is 2.00. The molecule has 1 aromatic rings. The first-order valence-corrected chi connectivity index (χ1v) is 6.56. The smallest absolute Gasteiger partial charge is 0.0922 e. The van der Waals surface area contributed by atoms with Crippen molar-refractivity contribution in [2.24, 2.45) is 5.92 Å². The summed E-state index contributed by atoms with van der Waals surface area (Å²) in [6.45, 7) is 5.05. The molecule has 0 bridgehead atoms. The minimum Gasteiger partial charge on any atom is -0.372 e. The van der Waals surface area contributed by atoms with E-state index >= 15 is 0 Å². The largest absolute Gasteiger partial charge is 0.372 e. The van der Waals surface area contributed by atoms with Crippen molar-refractivity contribution < 1.29 is 4.74 Å². The molecule has 1 unspecified atom stereocenters. The van der Waals surface area contributed by atoms with Crippen LogP contribution >= 0.6 is 27.5 Å². The Bertz CT molecular complexity index is 301. The van der Waals surface area contributed by atoms with Gasteiger partial charge in [0.1, 0.15) is 0 Å². The summed E-state index contributed by atoms with van der Waals surface area (Å²) in [5.74, 6) is 0.547. The van der Waals surface area contributed by atoms with Crippen LogP contribution in [-0.2, 0) is 4.74 Å². The zero-order valence-electron chi connectivity index (χ0n) is 9.04. The maximum Gasteiger partial charge on any atom is 0.0922 e. The highest BCUT2D eigenvalue weighted by Crippen LogP contribution is 2.23. The molecular formula is C12H16BrClO. The first-order chi connectivity index (χ1) is 7.13. The lowest BCUT2D eigenvalue weighted by Gasteiger charge is -2.17. The van der Waals surface area contributed by atoms with Crippen molar-refractivity contribution in [2.45, 2.75) is 20.0 Å². The van der Waals surface area contributed by atoms with Gasteiger partial charge in [0.05, 0.1) is 6.10 Å². The molecule has 0 aliphatic carbocycles. The molecule has 0 spiro atoms. The maximum absolute atomic E-state index is 5.94. The summed E-state index contributed by atoms with van der Waals surface area (Å²) in [7, 11) is 0. The number of benzene rings is 1. The van der Waals surface area contributed by atoms with E-state index in [4.69, 9.17) is 16.3 Å². The fraction of sp³-hybridized carbons (Fsp3) is 0.500. The fourth-order valence-electron chi connectivity index (χ4n) is 1.25. The molecule has 84 valence electrons. The number of hydrogen-bond acceptors (Lipinski definition) is 1. The first-order valence-electron chi connectivity index (χ1n) is 5.06. The van der Waals surface area contributed by atoms with Gasteiger partial charge in [0, 0.05) is 17.0 Å². The van der Waals surface area contributed by atoms with E-state index in [9.17, 15) is 0 Å². The summed E-state index contributed by atoms with van der Waals surface area (Å²) in [6, 6.07) is 7.82. The van der Waals surface area contributed by atoms with E-state index < -0.39 is 0 Å². The van der Waals surface area contributed by atoms with Crippen LogP contribution in [0.3, 0.4) is 0 Å². The molecule has 0 aromatic heterocycles. The molecule has 1 atom stereocenters. The van der Waals surface area contributed by atoms with Crippen LogP contribution < -0.4 is 0 Å². The Hall–Kier alpha value is -0.0500. The van der Waals surface area contributed by atoms with E-state index in [2.05, 4.69) is 29.8 Å². The van der Waals surface area contributed by atoms with Crippen LogP contribution in [0.4, 0.5) is 0 Å². The van der Waals surface area contributed by atoms with Crippen molar-refractivity contribution >= 4 is 27.5 Å². The van der Waals surface area contributed by atoms with Crippen LogP contribution in [0.2, 0.25) is 5.02 Å². The van der Waals surface area contributed by atoms with Gasteiger partial charge in [-0.05, 0) is 23.6 Å². The first kappa shape index (κ1) is 13.0. The van der Waals surface area contributed by atoms with Crippen LogP contribution in [0.1, 0.15) is 25.5 Å². The maximum atomic E-state index is 5.94. The second kappa shape index (κ2) is 6.51. The topological polar surface area (TPSA) is 9.23 Å². The Morgan fingerprint density at radius 3 is 2.67 bits per heavy atom. The van der Waals surface area contributed by atoms with Gasteiger partial charge < -0.3 is 4.74 Å². The Labute approximate surface area is 105 Å². The lowest BCUT2D eigenvalue weighted by molar-refractivity contribution is 0.0507. The highest BCUT2D eigenvalue weighted by atomic mass is 79.9. The SMILES string of the molecule is CC(C)COC(CBr)c1cccc(Cl)c1.